The molecule has 1 aliphatic heterocycles. The van der Waals surface area contributed by atoms with Crippen molar-refractivity contribution in [3.8, 4) is 0 Å². The molecular formula is C22H34N6O2. The van der Waals surface area contributed by atoms with E-state index in [-0.39, 0.29) is 23.3 Å². The molecule has 8 nitrogen and oxygen atoms in total. The van der Waals surface area contributed by atoms with E-state index in [1.165, 1.54) is 16.6 Å². The van der Waals surface area contributed by atoms with Gasteiger partial charge in [0.1, 0.15) is 0 Å². The summed E-state index contributed by atoms with van der Waals surface area (Å²) in [6, 6.07) is 0.197. The maximum absolute atomic E-state index is 13.2. The lowest BCUT2D eigenvalue weighted by molar-refractivity contribution is 0.344. The van der Waals surface area contributed by atoms with Gasteiger partial charge >= 0.3 is 5.69 Å². The van der Waals surface area contributed by atoms with E-state index >= 15 is 0 Å². The molecule has 4 rings (SSSR count). The van der Waals surface area contributed by atoms with Crippen LogP contribution in [0.2, 0.25) is 0 Å². The fraction of sp³-hybridized carbons (Fsp3) is 0.682. The quantitative estimate of drug-likeness (QED) is 0.775. The zero-order valence-corrected chi connectivity index (χ0v) is 18.4. The molecule has 1 saturated carbocycles. The average Bonchev–Trinajstić information content (AvgIpc) is 3.10. The van der Waals surface area contributed by atoms with Gasteiger partial charge in [-0.15, -0.1) is 0 Å². The van der Waals surface area contributed by atoms with Crippen LogP contribution in [-0.2, 0) is 13.6 Å². The Morgan fingerprint density at radius 3 is 2.53 bits per heavy atom. The molecule has 0 spiro atoms. The van der Waals surface area contributed by atoms with Crippen molar-refractivity contribution in [2.24, 2.45) is 12.8 Å². The van der Waals surface area contributed by atoms with Gasteiger partial charge in [-0.25, -0.2) is 4.79 Å². The summed E-state index contributed by atoms with van der Waals surface area (Å²) in [5.41, 5.74) is 7.94. The van der Waals surface area contributed by atoms with Gasteiger partial charge in [0, 0.05) is 38.8 Å². The van der Waals surface area contributed by atoms with Gasteiger partial charge in [0.15, 0.2) is 11.2 Å². The van der Waals surface area contributed by atoms with Gasteiger partial charge in [-0.2, -0.15) is 4.98 Å². The van der Waals surface area contributed by atoms with Crippen LogP contribution in [0.1, 0.15) is 64.8 Å². The minimum atomic E-state index is -0.274. The van der Waals surface area contributed by atoms with Crippen LogP contribution in [-0.4, -0.2) is 37.8 Å². The summed E-state index contributed by atoms with van der Waals surface area (Å²) in [5.74, 6) is 0.755. The predicted molar refractivity (Wildman–Crippen MR) is 120 cm³/mol. The third kappa shape index (κ3) is 3.73. The topological polar surface area (TPSA) is 91.1 Å². The molecule has 2 fully saturated rings. The van der Waals surface area contributed by atoms with Crippen LogP contribution in [0.5, 0.6) is 0 Å². The highest BCUT2D eigenvalue weighted by Crippen LogP contribution is 2.30. The molecule has 0 aromatic carbocycles. The molecule has 0 amide bonds. The Balaban J connectivity index is 1.97. The molecule has 2 N–H and O–H groups in total. The molecular weight excluding hydrogens is 380 g/mol. The number of fused-ring (bicyclic) bond motifs is 1. The second-order valence-corrected chi connectivity index (χ2v) is 9.13. The minimum absolute atomic E-state index is 0.0961. The molecule has 0 bridgehead atoms. The van der Waals surface area contributed by atoms with Gasteiger partial charge in [-0.05, 0) is 39.5 Å². The second kappa shape index (κ2) is 8.41. The lowest BCUT2D eigenvalue weighted by atomic mass is 9.95. The monoisotopic (exact) mass is 414 g/mol. The molecule has 1 atom stereocenters. The van der Waals surface area contributed by atoms with E-state index in [0.717, 1.165) is 51.0 Å². The Kier molecular flexibility index (Phi) is 5.86. The van der Waals surface area contributed by atoms with Crippen molar-refractivity contribution < 1.29 is 0 Å². The minimum Gasteiger partial charge on any atom is -0.341 e. The number of hydrogen-bond acceptors (Lipinski definition) is 5. The van der Waals surface area contributed by atoms with E-state index in [2.05, 4.69) is 11.0 Å². The molecule has 1 aliphatic carbocycles. The summed E-state index contributed by atoms with van der Waals surface area (Å²) >= 11 is 0. The lowest BCUT2D eigenvalue weighted by Crippen LogP contribution is -2.44. The number of piperidine rings is 1. The number of nitrogens with zero attached hydrogens (tertiary/aromatic N) is 5. The van der Waals surface area contributed by atoms with Crippen LogP contribution >= 0.6 is 0 Å². The first-order valence-electron chi connectivity index (χ1n) is 11.2. The van der Waals surface area contributed by atoms with E-state index in [4.69, 9.17) is 10.7 Å². The zero-order valence-electron chi connectivity index (χ0n) is 18.4. The van der Waals surface area contributed by atoms with E-state index in [1.54, 1.807) is 11.6 Å². The van der Waals surface area contributed by atoms with Gasteiger partial charge in [0.05, 0.1) is 0 Å². The molecule has 0 radical (unpaired) electrons. The number of allylic oxidation sites excluding steroid dienone is 2. The Hall–Kier alpha value is -2.35. The normalized spacial score (nSPS) is 20.7. The number of hydrogen-bond donors (Lipinski definition) is 1. The third-order valence-corrected chi connectivity index (χ3v) is 6.52. The lowest BCUT2D eigenvalue weighted by Gasteiger charge is -2.31. The number of aromatic nitrogens is 4. The van der Waals surface area contributed by atoms with Gasteiger partial charge < -0.3 is 15.2 Å². The highest BCUT2D eigenvalue weighted by Gasteiger charge is 2.28. The molecule has 1 unspecified atom stereocenters. The Bertz CT molecular complexity index is 1070. The van der Waals surface area contributed by atoms with E-state index in [9.17, 15) is 9.59 Å². The number of rotatable bonds is 4. The van der Waals surface area contributed by atoms with Crippen LogP contribution in [0.15, 0.2) is 21.2 Å². The Morgan fingerprint density at radius 2 is 1.87 bits per heavy atom. The van der Waals surface area contributed by atoms with Gasteiger partial charge in [0.25, 0.3) is 5.56 Å². The van der Waals surface area contributed by atoms with Crippen LogP contribution < -0.4 is 21.9 Å². The largest absolute Gasteiger partial charge is 0.341 e. The van der Waals surface area contributed by atoms with Gasteiger partial charge in [-0.1, -0.05) is 30.9 Å². The summed E-state index contributed by atoms with van der Waals surface area (Å²) in [4.78, 5) is 33.5. The fourth-order valence-corrected chi connectivity index (χ4v) is 4.85. The van der Waals surface area contributed by atoms with Crippen molar-refractivity contribution in [1.82, 2.24) is 18.7 Å². The predicted octanol–water partition coefficient (Wildman–Crippen LogP) is 2.30. The smallest absolute Gasteiger partial charge is 0.332 e. The van der Waals surface area contributed by atoms with Crippen LogP contribution in [0.3, 0.4) is 0 Å². The number of anilines is 1. The summed E-state index contributed by atoms with van der Waals surface area (Å²) in [7, 11) is 1.58. The molecule has 2 aromatic heterocycles. The maximum Gasteiger partial charge on any atom is 0.332 e. The molecule has 30 heavy (non-hydrogen) atoms. The fourth-order valence-electron chi connectivity index (χ4n) is 4.85. The maximum atomic E-state index is 13.2. The zero-order chi connectivity index (χ0) is 21.4. The number of imidazole rings is 1. The molecule has 164 valence electrons. The van der Waals surface area contributed by atoms with Crippen LogP contribution in [0, 0.1) is 0 Å². The molecule has 8 heteroatoms. The van der Waals surface area contributed by atoms with Gasteiger partial charge in [0.2, 0.25) is 5.95 Å². The van der Waals surface area contributed by atoms with Crippen molar-refractivity contribution in [3.05, 3.63) is 32.5 Å². The first kappa shape index (κ1) is 20.9. The van der Waals surface area contributed by atoms with Crippen molar-refractivity contribution >= 4 is 17.1 Å². The highest BCUT2D eigenvalue weighted by atomic mass is 16.2. The number of nitrogens with two attached hydrogens (primary N) is 1. The highest BCUT2D eigenvalue weighted by molar-refractivity contribution is 5.75. The summed E-state index contributed by atoms with van der Waals surface area (Å²) in [6.45, 7) is 6.22. The van der Waals surface area contributed by atoms with Crippen molar-refractivity contribution in [2.75, 3.05) is 18.0 Å². The first-order valence-corrected chi connectivity index (χ1v) is 11.2. The molecule has 2 aliphatic rings. The summed E-state index contributed by atoms with van der Waals surface area (Å²) in [6.07, 6.45) is 9.42. The third-order valence-electron chi connectivity index (χ3n) is 6.52. The van der Waals surface area contributed by atoms with Crippen LogP contribution in [0.25, 0.3) is 11.2 Å². The van der Waals surface area contributed by atoms with Crippen molar-refractivity contribution in [2.45, 2.75) is 77.4 Å². The Labute approximate surface area is 177 Å². The van der Waals surface area contributed by atoms with Gasteiger partial charge in [-0.3, -0.25) is 13.9 Å². The van der Waals surface area contributed by atoms with Crippen LogP contribution in [0.4, 0.5) is 5.95 Å². The van der Waals surface area contributed by atoms with E-state index in [0.29, 0.717) is 24.3 Å². The second-order valence-electron chi connectivity index (χ2n) is 9.13. The van der Waals surface area contributed by atoms with Crippen molar-refractivity contribution in [1.29, 1.82) is 0 Å². The SMILES string of the molecule is CC(C)=CCn1c(N2CCCC(N)C2)nc2c1c(=O)n(C)c(=O)n2C1CCCCC1. The van der Waals surface area contributed by atoms with E-state index < -0.39 is 0 Å². The summed E-state index contributed by atoms with van der Waals surface area (Å²) in [5, 5.41) is 0. The van der Waals surface area contributed by atoms with E-state index in [1.807, 2.05) is 18.4 Å². The molecule has 2 aromatic rings. The molecule has 1 saturated heterocycles. The first-order chi connectivity index (χ1) is 14.4. The average molecular weight is 415 g/mol. The van der Waals surface area contributed by atoms with Crippen molar-refractivity contribution in [3.63, 3.8) is 0 Å². The summed E-state index contributed by atoms with van der Waals surface area (Å²) < 4.78 is 5.03. The Morgan fingerprint density at radius 1 is 1.13 bits per heavy atom. The molecule has 3 heterocycles. The standard InChI is InChI=1S/C22H34N6O2/c1-15(2)11-13-27-18-19(24-21(27)26-12-7-8-16(23)14-26)28(17-9-5-4-6-10-17)22(30)25(3)20(18)29/h11,16-17H,4-10,12-14,23H2,1-3H3.